The van der Waals surface area contributed by atoms with Crippen molar-refractivity contribution in [3.05, 3.63) is 60.1 Å². The van der Waals surface area contributed by atoms with Crippen LogP contribution in [0.15, 0.2) is 53.1 Å². The first-order chi connectivity index (χ1) is 7.36. The minimum Gasteiger partial charge on any atom is -0.467 e. The van der Waals surface area contributed by atoms with Crippen LogP contribution in [0.2, 0.25) is 0 Å². The summed E-state index contributed by atoms with van der Waals surface area (Å²) in [7, 11) is 0. The molecule has 15 heavy (non-hydrogen) atoms. The second-order valence-electron chi connectivity index (χ2n) is 2.88. The Morgan fingerprint density at radius 3 is 1.93 bits per heavy atom. The van der Waals surface area contributed by atoms with Crippen molar-refractivity contribution >= 4 is 0 Å². The molecule has 0 saturated carbocycles. The molecule has 0 atom stereocenters. The zero-order valence-electron chi connectivity index (χ0n) is 8.34. The highest BCUT2D eigenvalue weighted by Crippen LogP contribution is 1.97. The Morgan fingerprint density at radius 2 is 1.60 bits per heavy atom. The quantitative estimate of drug-likeness (QED) is 0.789. The average molecular weight is 206 g/mol. The topological polar surface area (TPSA) is 53.6 Å². The third-order valence-electron chi connectivity index (χ3n) is 1.76. The van der Waals surface area contributed by atoms with Gasteiger partial charge >= 0.3 is 0 Å². The molecule has 3 nitrogen and oxygen atoms in total. The number of benzene rings is 1. The van der Waals surface area contributed by atoms with Crippen molar-refractivity contribution in [3.63, 3.8) is 0 Å². The molecule has 0 radical (unpaired) electrons. The lowest BCUT2D eigenvalue weighted by molar-refractivity contribution is 0.247. The van der Waals surface area contributed by atoms with Gasteiger partial charge in [0.25, 0.3) is 0 Å². The molecular formula is C12H14O3. The summed E-state index contributed by atoms with van der Waals surface area (Å²) in [6.45, 7) is 0.133. The molecule has 80 valence electrons. The van der Waals surface area contributed by atoms with Gasteiger partial charge in [-0.25, -0.2) is 0 Å². The SMILES string of the molecule is OCc1ccccc1.OCc1ccco1. The summed E-state index contributed by atoms with van der Waals surface area (Å²) in [5.74, 6) is 0.611. The van der Waals surface area contributed by atoms with Gasteiger partial charge in [0.1, 0.15) is 12.4 Å². The summed E-state index contributed by atoms with van der Waals surface area (Å²) in [6, 6.07) is 13.0. The van der Waals surface area contributed by atoms with Gasteiger partial charge in [-0.05, 0) is 17.7 Å². The molecule has 2 rings (SSSR count). The molecule has 0 bridgehead atoms. The Hall–Kier alpha value is -1.58. The number of hydrogen-bond acceptors (Lipinski definition) is 3. The van der Waals surface area contributed by atoms with E-state index in [0.717, 1.165) is 5.56 Å². The first-order valence-corrected chi connectivity index (χ1v) is 4.65. The van der Waals surface area contributed by atoms with E-state index in [0.29, 0.717) is 5.76 Å². The number of furan rings is 1. The highest BCUT2D eigenvalue weighted by atomic mass is 16.4. The summed E-state index contributed by atoms with van der Waals surface area (Å²) in [5, 5.41) is 16.9. The molecule has 0 spiro atoms. The molecule has 3 heteroatoms. The second-order valence-corrected chi connectivity index (χ2v) is 2.88. The molecule has 0 aliphatic carbocycles. The summed E-state index contributed by atoms with van der Waals surface area (Å²) >= 11 is 0. The van der Waals surface area contributed by atoms with E-state index in [9.17, 15) is 0 Å². The Balaban J connectivity index is 0.000000151. The molecular weight excluding hydrogens is 192 g/mol. The Kier molecular flexibility index (Phi) is 5.22. The Labute approximate surface area is 88.6 Å². The number of rotatable bonds is 2. The van der Waals surface area contributed by atoms with Crippen LogP contribution in [0.25, 0.3) is 0 Å². The lowest BCUT2D eigenvalue weighted by Gasteiger charge is -1.89. The van der Waals surface area contributed by atoms with E-state index in [2.05, 4.69) is 0 Å². The number of hydrogen-bond donors (Lipinski definition) is 2. The van der Waals surface area contributed by atoms with Gasteiger partial charge in [-0.1, -0.05) is 30.3 Å². The van der Waals surface area contributed by atoms with E-state index in [1.54, 1.807) is 12.1 Å². The standard InChI is InChI=1S/C7H8O.C5H6O2/c8-6-7-4-2-1-3-5-7;6-4-5-2-1-3-7-5/h1-5,8H,6H2;1-3,6H,4H2. The summed E-state index contributed by atoms with van der Waals surface area (Å²) in [6.07, 6.45) is 1.53. The van der Waals surface area contributed by atoms with Crippen LogP contribution in [0.4, 0.5) is 0 Å². The van der Waals surface area contributed by atoms with Crippen molar-refractivity contribution in [2.75, 3.05) is 0 Å². The molecule has 0 fully saturated rings. The minimum atomic E-state index is -0.00694. The van der Waals surface area contributed by atoms with Crippen LogP contribution < -0.4 is 0 Å². The van der Waals surface area contributed by atoms with Gasteiger partial charge in [0.05, 0.1) is 12.9 Å². The molecule has 1 aromatic carbocycles. The van der Waals surface area contributed by atoms with E-state index in [-0.39, 0.29) is 13.2 Å². The maximum atomic E-state index is 8.54. The minimum absolute atomic E-state index is 0.00694. The molecule has 2 aromatic rings. The molecule has 0 amide bonds. The third-order valence-corrected chi connectivity index (χ3v) is 1.76. The summed E-state index contributed by atoms with van der Waals surface area (Å²) in [5.41, 5.74) is 0.965. The lowest BCUT2D eigenvalue weighted by atomic mass is 10.2. The van der Waals surface area contributed by atoms with Crippen LogP contribution in [0.1, 0.15) is 11.3 Å². The zero-order chi connectivity index (χ0) is 10.9. The van der Waals surface area contributed by atoms with Crippen LogP contribution in [0.3, 0.4) is 0 Å². The van der Waals surface area contributed by atoms with Crippen molar-refractivity contribution in [3.8, 4) is 0 Å². The van der Waals surface area contributed by atoms with Gasteiger partial charge in [0.15, 0.2) is 0 Å². The molecule has 0 aliphatic heterocycles. The Bertz CT molecular complexity index is 340. The first kappa shape index (κ1) is 11.5. The van der Waals surface area contributed by atoms with Crippen molar-refractivity contribution in [1.29, 1.82) is 0 Å². The molecule has 0 saturated heterocycles. The summed E-state index contributed by atoms with van der Waals surface area (Å²) < 4.78 is 4.73. The monoisotopic (exact) mass is 206 g/mol. The van der Waals surface area contributed by atoms with E-state index in [1.807, 2.05) is 30.3 Å². The summed E-state index contributed by atoms with van der Waals surface area (Å²) in [4.78, 5) is 0. The second kappa shape index (κ2) is 6.81. The maximum Gasteiger partial charge on any atom is 0.129 e. The fourth-order valence-electron chi connectivity index (χ4n) is 0.986. The normalized spacial score (nSPS) is 9.20. The Morgan fingerprint density at radius 1 is 0.867 bits per heavy atom. The van der Waals surface area contributed by atoms with Gasteiger partial charge in [0, 0.05) is 0 Å². The predicted molar refractivity (Wildman–Crippen MR) is 57.0 cm³/mol. The highest BCUT2D eigenvalue weighted by Gasteiger charge is 1.85. The van der Waals surface area contributed by atoms with E-state index >= 15 is 0 Å². The van der Waals surface area contributed by atoms with Gasteiger partial charge in [-0.2, -0.15) is 0 Å². The van der Waals surface area contributed by atoms with Crippen molar-refractivity contribution in [2.45, 2.75) is 13.2 Å². The lowest BCUT2D eigenvalue weighted by Crippen LogP contribution is -1.77. The van der Waals surface area contributed by atoms with Crippen LogP contribution in [-0.2, 0) is 13.2 Å². The van der Waals surface area contributed by atoms with E-state index in [1.165, 1.54) is 6.26 Å². The molecule has 0 unspecified atom stereocenters. The van der Waals surface area contributed by atoms with Gasteiger partial charge < -0.3 is 14.6 Å². The van der Waals surface area contributed by atoms with Crippen molar-refractivity contribution in [1.82, 2.24) is 0 Å². The molecule has 0 aliphatic rings. The molecule has 1 aromatic heterocycles. The fraction of sp³-hybridized carbons (Fsp3) is 0.167. The van der Waals surface area contributed by atoms with E-state index in [4.69, 9.17) is 14.6 Å². The van der Waals surface area contributed by atoms with Gasteiger partial charge in [-0.15, -0.1) is 0 Å². The van der Waals surface area contributed by atoms with Crippen molar-refractivity contribution < 1.29 is 14.6 Å². The zero-order valence-corrected chi connectivity index (χ0v) is 8.34. The smallest absolute Gasteiger partial charge is 0.129 e. The molecule has 2 N–H and O–H groups in total. The van der Waals surface area contributed by atoms with E-state index < -0.39 is 0 Å². The molecule has 1 heterocycles. The van der Waals surface area contributed by atoms with Gasteiger partial charge in [-0.3, -0.25) is 0 Å². The maximum absolute atomic E-state index is 8.54. The van der Waals surface area contributed by atoms with Gasteiger partial charge in [0.2, 0.25) is 0 Å². The fourth-order valence-corrected chi connectivity index (χ4v) is 0.986. The predicted octanol–water partition coefficient (Wildman–Crippen LogP) is 1.95. The van der Waals surface area contributed by atoms with Crippen LogP contribution in [0.5, 0.6) is 0 Å². The van der Waals surface area contributed by atoms with Crippen molar-refractivity contribution in [2.24, 2.45) is 0 Å². The third kappa shape index (κ3) is 4.44. The first-order valence-electron chi connectivity index (χ1n) is 4.65. The highest BCUT2D eigenvalue weighted by molar-refractivity contribution is 5.12. The number of aliphatic hydroxyl groups is 2. The van der Waals surface area contributed by atoms with Crippen LogP contribution in [-0.4, -0.2) is 10.2 Å². The number of aliphatic hydroxyl groups excluding tert-OH is 2. The average Bonchev–Trinajstić information content (AvgIpc) is 2.84. The van der Waals surface area contributed by atoms with Crippen LogP contribution >= 0.6 is 0 Å². The largest absolute Gasteiger partial charge is 0.467 e. The van der Waals surface area contributed by atoms with Crippen LogP contribution in [0, 0.1) is 0 Å².